The fourth-order valence-electron chi connectivity index (χ4n) is 3.38. The number of esters is 1. The van der Waals surface area contributed by atoms with Gasteiger partial charge >= 0.3 is 5.97 Å². The first-order valence-electron chi connectivity index (χ1n) is 13.4. The van der Waals surface area contributed by atoms with Crippen LogP contribution in [0.2, 0.25) is 0 Å². The number of hydrogen-bond acceptors (Lipinski definition) is 5. The van der Waals surface area contributed by atoms with E-state index in [1.807, 2.05) is 6.92 Å². The standard InChI is InChI=1S/C32H44O5/c1-3-5-6-7-8-9-10-11-12-13-14-15-16-17-18-21-26-36-31(4-2)30(34)25-22-27-37-32(35)28-23-19-20-24-29(28)33/h5-6,8-9,11-12,14-15,17-20,23-24,31,33H,3-4,7,10,13,16,21-22,25-27H2,1-2H3/b6-5-,9-8-,12-11-,15-14-,18-17-. The molecule has 0 aliphatic heterocycles. The van der Waals surface area contributed by atoms with Crippen LogP contribution in [0.3, 0.4) is 0 Å². The Morgan fingerprint density at radius 2 is 1.38 bits per heavy atom. The monoisotopic (exact) mass is 508 g/mol. The summed E-state index contributed by atoms with van der Waals surface area (Å²) in [5.74, 6) is -0.689. The summed E-state index contributed by atoms with van der Waals surface area (Å²) in [5, 5.41) is 9.69. The molecule has 0 saturated heterocycles. The highest BCUT2D eigenvalue weighted by atomic mass is 16.5. The van der Waals surface area contributed by atoms with Crippen molar-refractivity contribution in [2.45, 2.75) is 77.7 Å². The number of carbonyl (C=O) groups excluding carboxylic acids is 2. The van der Waals surface area contributed by atoms with Crippen molar-refractivity contribution in [1.82, 2.24) is 0 Å². The van der Waals surface area contributed by atoms with Crippen LogP contribution in [0.1, 0.15) is 82.0 Å². The van der Waals surface area contributed by atoms with Gasteiger partial charge in [0.1, 0.15) is 17.4 Å². The molecule has 1 rings (SSSR count). The highest BCUT2D eigenvalue weighted by molar-refractivity contribution is 5.92. The van der Waals surface area contributed by atoms with E-state index in [1.54, 1.807) is 12.1 Å². The van der Waals surface area contributed by atoms with Gasteiger partial charge in [0.15, 0.2) is 5.78 Å². The SMILES string of the molecule is CC/C=C\C/C=C\C/C=C\C/C=C\C/C=C\CCOC(CC)C(=O)CCCOC(=O)c1ccccc1O. The molecule has 1 aromatic rings. The minimum Gasteiger partial charge on any atom is -0.507 e. The number of para-hydroxylation sites is 1. The topological polar surface area (TPSA) is 72.8 Å². The van der Waals surface area contributed by atoms with E-state index in [4.69, 9.17) is 9.47 Å². The van der Waals surface area contributed by atoms with Crippen LogP contribution < -0.4 is 0 Å². The highest BCUT2D eigenvalue weighted by Gasteiger charge is 2.17. The Bertz CT molecular complexity index is 908. The second kappa shape index (κ2) is 22.1. The molecule has 0 radical (unpaired) electrons. The van der Waals surface area contributed by atoms with Crippen LogP contribution >= 0.6 is 0 Å². The molecular formula is C32H44O5. The van der Waals surface area contributed by atoms with Gasteiger partial charge < -0.3 is 14.6 Å². The van der Waals surface area contributed by atoms with Gasteiger partial charge in [-0.05, 0) is 63.5 Å². The second-order valence-electron chi connectivity index (χ2n) is 8.49. The number of hydrogen-bond donors (Lipinski definition) is 1. The van der Waals surface area contributed by atoms with E-state index in [0.29, 0.717) is 19.4 Å². The Morgan fingerprint density at radius 3 is 1.95 bits per heavy atom. The first-order valence-corrected chi connectivity index (χ1v) is 13.4. The zero-order valence-corrected chi connectivity index (χ0v) is 22.5. The largest absolute Gasteiger partial charge is 0.507 e. The summed E-state index contributed by atoms with van der Waals surface area (Å²) in [6, 6.07) is 6.23. The number of rotatable bonds is 20. The molecule has 0 aliphatic carbocycles. The third-order valence-electron chi connectivity index (χ3n) is 5.42. The number of carbonyl (C=O) groups is 2. The fourth-order valence-corrected chi connectivity index (χ4v) is 3.38. The predicted molar refractivity (Wildman–Crippen MR) is 152 cm³/mol. The Labute approximate surface area is 223 Å². The molecule has 0 aromatic heterocycles. The van der Waals surface area contributed by atoms with Gasteiger partial charge in [-0.1, -0.05) is 86.7 Å². The van der Waals surface area contributed by atoms with Gasteiger partial charge in [0.05, 0.1) is 13.2 Å². The minimum absolute atomic E-state index is 0.0184. The summed E-state index contributed by atoms with van der Waals surface area (Å²) >= 11 is 0. The summed E-state index contributed by atoms with van der Waals surface area (Å²) < 4.78 is 10.9. The number of allylic oxidation sites excluding steroid dienone is 9. The smallest absolute Gasteiger partial charge is 0.341 e. The van der Waals surface area contributed by atoms with E-state index in [1.165, 1.54) is 12.1 Å². The van der Waals surface area contributed by atoms with Gasteiger partial charge in [-0.15, -0.1) is 0 Å². The number of ketones is 1. The number of phenols is 1. The van der Waals surface area contributed by atoms with E-state index in [-0.39, 0.29) is 30.1 Å². The van der Waals surface area contributed by atoms with Gasteiger partial charge in [0, 0.05) is 6.42 Å². The molecule has 1 atom stereocenters. The van der Waals surface area contributed by atoms with Crippen LogP contribution in [-0.4, -0.2) is 36.2 Å². The van der Waals surface area contributed by atoms with Crippen molar-refractivity contribution in [3.63, 3.8) is 0 Å². The van der Waals surface area contributed by atoms with Crippen molar-refractivity contribution in [1.29, 1.82) is 0 Å². The van der Waals surface area contributed by atoms with Gasteiger partial charge in [-0.25, -0.2) is 4.79 Å². The highest BCUT2D eigenvalue weighted by Crippen LogP contribution is 2.16. The maximum Gasteiger partial charge on any atom is 0.341 e. The van der Waals surface area contributed by atoms with Crippen molar-refractivity contribution in [3.8, 4) is 5.75 Å². The molecule has 1 aromatic carbocycles. The maximum atomic E-state index is 12.4. The van der Waals surface area contributed by atoms with Crippen LogP contribution in [0.25, 0.3) is 0 Å². The molecule has 0 heterocycles. The average molecular weight is 509 g/mol. The molecule has 5 nitrogen and oxygen atoms in total. The Hall–Kier alpha value is -3.18. The van der Waals surface area contributed by atoms with Gasteiger partial charge in [0.2, 0.25) is 0 Å². The molecule has 0 spiro atoms. The van der Waals surface area contributed by atoms with Gasteiger partial charge in [-0.2, -0.15) is 0 Å². The van der Waals surface area contributed by atoms with E-state index >= 15 is 0 Å². The van der Waals surface area contributed by atoms with E-state index in [9.17, 15) is 14.7 Å². The van der Waals surface area contributed by atoms with Crippen LogP contribution in [0.15, 0.2) is 85.0 Å². The lowest BCUT2D eigenvalue weighted by Gasteiger charge is -2.14. The molecular weight excluding hydrogens is 464 g/mol. The van der Waals surface area contributed by atoms with Gasteiger partial charge in [0.25, 0.3) is 0 Å². The first kappa shape index (κ1) is 31.8. The number of aromatic hydroxyl groups is 1. The predicted octanol–water partition coefficient (Wildman–Crippen LogP) is 7.84. The fraction of sp³-hybridized carbons (Fsp3) is 0.438. The summed E-state index contributed by atoms with van der Waals surface area (Å²) in [6.07, 6.45) is 28.2. The summed E-state index contributed by atoms with van der Waals surface area (Å²) in [5.41, 5.74) is 0.124. The number of Topliss-reactive ketones (excluding diaryl/α,β-unsaturated/α-hetero) is 1. The van der Waals surface area contributed by atoms with E-state index < -0.39 is 12.1 Å². The molecule has 202 valence electrons. The van der Waals surface area contributed by atoms with Crippen molar-refractivity contribution in [3.05, 3.63) is 90.6 Å². The number of ether oxygens (including phenoxy) is 2. The summed E-state index contributed by atoms with van der Waals surface area (Å²) in [4.78, 5) is 24.4. The number of benzene rings is 1. The van der Waals surface area contributed by atoms with Gasteiger partial charge in [-0.3, -0.25) is 4.79 Å². The molecule has 0 bridgehead atoms. The van der Waals surface area contributed by atoms with E-state index in [0.717, 1.165) is 38.5 Å². The molecule has 0 aliphatic rings. The summed E-state index contributed by atoms with van der Waals surface area (Å²) in [6.45, 7) is 4.69. The molecule has 5 heteroatoms. The van der Waals surface area contributed by atoms with Crippen molar-refractivity contribution in [2.24, 2.45) is 0 Å². The third-order valence-corrected chi connectivity index (χ3v) is 5.42. The molecule has 0 amide bonds. The average Bonchev–Trinajstić information content (AvgIpc) is 2.90. The van der Waals surface area contributed by atoms with Crippen molar-refractivity contribution < 1.29 is 24.2 Å². The molecule has 37 heavy (non-hydrogen) atoms. The lowest BCUT2D eigenvalue weighted by Crippen LogP contribution is -2.24. The lowest BCUT2D eigenvalue weighted by molar-refractivity contribution is -0.131. The van der Waals surface area contributed by atoms with Crippen LogP contribution in [0.4, 0.5) is 0 Å². The zero-order valence-electron chi connectivity index (χ0n) is 22.5. The Balaban J connectivity index is 2.10. The zero-order chi connectivity index (χ0) is 27.0. The van der Waals surface area contributed by atoms with E-state index in [2.05, 4.69) is 67.7 Å². The Morgan fingerprint density at radius 1 is 0.811 bits per heavy atom. The maximum absolute atomic E-state index is 12.4. The molecule has 0 fully saturated rings. The molecule has 1 unspecified atom stereocenters. The van der Waals surface area contributed by atoms with Crippen LogP contribution in [-0.2, 0) is 14.3 Å². The summed E-state index contributed by atoms with van der Waals surface area (Å²) in [7, 11) is 0. The molecule has 0 saturated carbocycles. The molecule has 1 N–H and O–H groups in total. The quantitative estimate of drug-likeness (QED) is 0.110. The Kier molecular flexibility index (Phi) is 19.0. The number of phenolic OH excluding ortho intramolecular Hbond substituents is 1. The minimum atomic E-state index is -0.592. The van der Waals surface area contributed by atoms with Crippen molar-refractivity contribution >= 4 is 11.8 Å². The normalized spacial score (nSPS) is 13.0. The first-order chi connectivity index (χ1) is 18.1. The van der Waals surface area contributed by atoms with Crippen molar-refractivity contribution in [2.75, 3.05) is 13.2 Å². The van der Waals surface area contributed by atoms with Crippen LogP contribution in [0, 0.1) is 0 Å². The van der Waals surface area contributed by atoms with Crippen LogP contribution in [0.5, 0.6) is 5.75 Å². The lowest BCUT2D eigenvalue weighted by atomic mass is 10.1. The second-order valence-corrected chi connectivity index (χ2v) is 8.49. The third kappa shape index (κ3) is 16.2.